The summed E-state index contributed by atoms with van der Waals surface area (Å²) in [6, 6.07) is 3.87. The summed E-state index contributed by atoms with van der Waals surface area (Å²) in [4.78, 5) is 23.3. The summed E-state index contributed by atoms with van der Waals surface area (Å²) in [6.07, 6.45) is 0. The summed E-state index contributed by atoms with van der Waals surface area (Å²) in [7, 11) is 0. The van der Waals surface area contributed by atoms with E-state index in [0.29, 0.717) is 5.56 Å². The Labute approximate surface area is 78.7 Å². The Bertz CT molecular complexity index is 515. The van der Waals surface area contributed by atoms with E-state index in [2.05, 4.69) is 0 Å². The van der Waals surface area contributed by atoms with Gasteiger partial charge in [0.15, 0.2) is 11.6 Å². The zero-order valence-electron chi connectivity index (χ0n) is 9.05. The second-order valence-electron chi connectivity index (χ2n) is 2.91. The van der Waals surface area contributed by atoms with E-state index in [1.165, 1.54) is 6.07 Å². The van der Waals surface area contributed by atoms with Crippen molar-refractivity contribution in [1.82, 2.24) is 0 Å². The first-order valence-corrected chi connectivity index (χ1v) is 3.90. The van der Waals surface area contributed by atoms with Gasteiger partial charge < -0.3 is 0 Å². The third-order valence-corrected chi connectivity index (χ3v) is 2.03. The second-order valence-corrected chi connectivity index (χ2v) is 2.91. The van der Waals surface area contributed by atoms with Crippen LogP contribution in [0.4, 0.5) is 0 Å². The van der Waals surface area contributed by atoms with Crippen LogP contribution in [0.2, 0.25) is 0 Å². The van der Waals surface area contributed by atoms with Crippen LogP contribution in [0.1, 0.15) is 29.0 Å². The Morgan fingerprint density at radius 1 is 1.15 bits per heavy atom. The minimum atomic E-state index is -0.543. The molecule has 2 heteroatoms. The fraction of sp³-hybridized carbons (Fsp3) is 0.0909. The van der Waals surface area contributed by atoms with Crippen molar-refractivity contribution in [2.75, 3.05) is 0 Å². The lowest BCUT2D eigenvalue weighted by Crippen LogP contribution is -2.12. The maximum Gasteiger partial charge on any atom is 0.186 e. The molecule has 13 heavy (non-hydrogen) atoms. The highest BCUT2D eigenvalue weighted by molar-refractivity contribution is 6.22. The van der Waals surface area contributed by atoms with E-state index in [0.717, 1.165) is 0 Å². The normalized spacial score (nSPS) is 18.2. The lowest BCUT2D eigenvalue weighted by atomic mass is 9.91. The zero-order valence-corrected chi connectivity index (χ0v) is 7.05. The summed E-state index contributed by atoms with van der Waals surface area (Å²) < 4.78 is 14.7. The Balaban J connectivity index is 2.79. The van der Waals surface area contributed by atoms with E-state index in [4.69, 9.17) is 2.74 Å². The van der Waals surface area contributed by atoms with Crippen LogP contribution < -0.4 is 0 Å². The van der Waals surface area contributed by atoms with Crippen LogP contribution >= 0.6 is 0 Å². The van der Waals surface area contributed by atoms with Gasteiger partial charge in [-0.05, 0) is 24.6 Å². The lowest BCUT2D eigenvalue weighted by Gasteiger charge is -2.10. The second kappa shape index (κ2) is 2.66. The number of benzene rings is 1. The summed E-state index contributed by atoms with van der Waals surface area (Å²) >= 11 is 0. The number of carbonyl (C=O) groups is 2. The van der Waals surface area contributed by atoms with E-state index >= 15 is 0 Å². The van der Waals surface area contributed by atoms with Crippen molar-refractivity contribution >= 4 is 11.6 Å². The number of hydrogen-bond donors (Lipinski definition) is 0. The standard InChI is InChI=1S/C11H8O2/c1-7-3-2-4-8-9(12)5-6-10(13)11(7)8/h2-6H,1H3/i5D,6D. The summed E-state index contributed by atoms with van der Waals surface area (Å²) in [6.45, 7) is 1.71. The Morgan fingerprint density at radius 3 is 2.62 bits per heavy atom. The van der Waals surface area contributed by atoms with Crippen molar-refractivity contribution in [2.45, 2.75) is 6.92 Å². The number of aryl methyl sites for hydroxylation is 1. The van der Waals surface area contributed by atoms with Crippen LogP contribution in [0.5, 0.6) is 0 Å². The molecule has 0 spiro atoms. The number of rotatable bonds is 0. The molecule has 0 aromatic heterocycles. The molecule has 0 unspecified atom stereocenters. The number of carbonyl (C=O) groups excluding carboxylic acids is 2. The van der Waals surface area contributed by atoms with E-state index in [9.17, 15) is 9.59 Å². The minimum absolute atomic E-state index is 0.237. The fourth-order valence-corrected chi connectivity index (χ4v) is 1.40. The molecule has 0 aliphatic heterocycles. The highest BCUT2D eigenvalue weighted by Crippen LogP contribution is 2.19. The number of hydrogen-bond acceptors (Lipinski definition) is 2. The van der Waals surface area contributed by atoms with Crippen LogP contribution in [0.25, 0.3) is 0 Å². The first-order valence-electron chi connectivity index (χ1n) is 4.90. The third-order valence-electron chi connectivity index (χ3n) is 2.03. The van der Waals surface area contributed by atoms with E-state index in [1.807, 2.05) is 0 Å². The molecular weight excluding hydrogens is 164 g/mol. The molecule has 0 fully saturated rings. The SMILES string of the molecule is [2H]C1=C([2H])C(=O)c2c(C)cccc2C1=O. The highest BCUT2D eigenvalue weighted by Gasteiger charge is 2.19. The van der Waals surface area contributed by atoms with Gasteiger partial charge in [-0.25, -0.2) is 0 Å². The number of ketones is 2. The highest BCUT2D eigenvalue weighted by atomic mass is 16.1. The molecule has 0 radical (unpaired) electrons. The van der Waals surface area contributed by atoms with E-state index in [-0.39, 0.29) is 11.1 Å². The predicted molar refractivity (Wildman–Crippen MR) is 49.0 cm³/mol. The molecule has 0 heterocycles. The predicted octanol–water partition coefficient (Wildman–Crippen LogP) is 1.93. The van der Waals surface area contributed by atoms with Crippen molar-refractivity contribution in [1.29, 1.82) is 0 Å². The van der Waals surface area contributed by atoms with Crippen molar-refractivity contribution < 1.29 is 12.3 Å². The fourth-order valence-electron chi connectivity index (χ4n) is 1.40. The van der Waals surface area contributed by atoms with Gasteiger partial charge in [-0.3, -0.25) is 9.59 Å². The van der Waals surface area contributed by atoms with Gasteiger partial charge in [0.2, 0.25) is 0 Å². The molecular formula is C11H8O2. The van der Waals surface area contributed by atoms with Gasteiger partial charge >= 0.3 is 0 Å². The van der Waals surface area contributed by atoms with Crippen molar-refractivity contribution in [3.8, 4) is 0 Å². The van der Waals surface area contributed by atoms with Crippen LogP contribution in [0.3, 0.4) is 0 Å². The number of allylic oxidation sites excluding steroid dienone is 2. The molecule has 0 bridgehead atoms. The van der Waals surface area contributed by atoms with Crippen LogP contribution in [-0.4, -0.2) is 11.6 Å². The van der Waals surface area contributed by atoms with Crippen molar-refractivity contribution in [3.05, 3.63) is 47.0 Å². The van der Waals surface area contributed by atoms with Crippen LogP contribution in [0.15, 0.2) is 30.3 Å². The van der Waals surface area contributed by atoms with Gasteiger partial charge in [-0.2, -0.15) is 0 Å². The Kier molecular flexibility index (Phi) is 1.20. The largest absolute Gasteiger partial charge is 0.289 e. The Morgan fingerprint density at radius 2 is 1.85 bits per heavy atom. The molecule has 0 N–H and O–H groups in total. The molecule has 1 aromatic carbocycles. The van der Waals surface area contributed by atoms with Crippen molar-refractivity contribution in [2.24, 2.45) is 0 Å². The summed E-state index contributed by atoms with van der Waals surface area (Å²) in [5.74, 6) is -1.08. The monoisotopic (exact) mass is 174 g/mol. The van der Waals surface area contributed by atoms with Crippen molar-refractivity contribution in [3.63, 3.8) is 0 Å². The molecule has 0 saturated heterocycles. The quantitative estimate of drug-likeness (QED) is 0.602. The molecule has 0 saturated carbocycles. The molecule has 64 valence electrons. The smallest absolute Gasteiger partial charge is 0.186 e. The molecule has 1 aliphatic carbocycles. The maximum absolute atomic E-state index is 11.7. The van der Waals surface area contributed by atoms with Gasteiger partial charge in [0.1, 0.15) is 0 Å². The molecule has 0 amide bonds. The van der Waals surface area contributed by atoms with Crippen LogP contribution in [0, 0.1) is 6.92 Å². The first kappa shape index (κ1) is 5.86. The summed E-state index contributed by atoms with van der Waals surface area (Å²) in [5.41, 5.74) is 1.17. The lowest BCUT2D eigenvalue weighted by molar-refractivity contribution is 0.0993. The first-order chi connectivity index (χ1) is 7.04. The van der Waals surface area contributed by atoms with E-state index < -0.39 is 23.7 Å². The van der Waals surface area contributed by atoms with Gasteiger partial charge in [-0.15, -0.1) is 0 Å². The number of fused-ring (bicyclic) bond motifs is 1. The summed E-state index contributed by atoms with van der Waals surface area (Å²) in [5, 5.41) is 0. The average molecular weight is 174 g/mol. The average Bonchev–Trinajstić information content (AvgIpc) is 2.23. The van der Waals surface area contributed by atoms with Gasteiger partial charge in [-0.1, -0.05) is 18.2 Å². The zero-order chi connectivity index (χ0) is 11.2. The molecule has 0 atom stereocenters. The van der Waals surface area contributed by atoms with Gasteiger partial charge in [0.25, 0.3) is 0 Å². The molecule has 1 aliphatic rings. The molecule has 2 nitrogen and oxygen atoms in total. The van der Waals surface area contributed by atoms with Crippen LogP contribution in [-0.2, 0) is 0 Å². The van der Waals surface area contributed by atoms with Gasteiger partial charge in [0.05, 0.1) is 2.74 Å². The maximum atomic E-state index is 11.7. The topological polar surface area (TPSA) is 34.1 Å². The van der Waals surface area contributed by atoms with E-state index in [1.54, 1.807) is 19.1 Å². The molecule has 1 aromatic rings. The van der Waals surface area contributed by atoms with Gasteiger partial charge in [0, 0.05) is 11.1 Å². The molecule has 2 rings (SSSR count). The Hall–Kier alpha value is -1.70. The third kappa shape index (κ3) is 1.11. The minimum Gasteiger partial charge on any atom is -0.289 e.